The molecule has 1 amide bonds. The van der Waals surface area contributed by atoms with E-state index in [2.05, 4.69) is 19.2 Å². The van der Waals surface area contributed by atoms with Gasteiger partial charge in [-0.1, -0.05) is 0 Å². The first-order valence-electron chi connectivity index (χ1n) is 5.78. The Morgan fingerprint density at radius 3 is 2.65 bits per heavy atom. The number of rotatable bonds is 2. The third-order valence-electron chi connectivity index (χ3n) is 2.87. The van der Waals surface area contributed by atoms with Crippen LogP contribution in [0.15, 0.2) is 11.4 Å². The molecule has 5 heteroatoms. The van der Waals surface area contributed by atoms with E-state index in [4.69, 9.17) is 4.74 Å². The summed E-state index contributed by atoms with van der Waals surface area (Å²) in [5.41, 5.74) is 0. The maximum Gasteiger partial charge on any atom is 0.264 e. The first-order chi connectivity index (χ1) is 8.10. The number of nitrogens with zero attached hydrogens (tertiary/aromatic N) is 1. The van der Waals surface area contributed by atoms with Crippen molar-refractivity contribution in [3.63, 3.8) is 0 Å². The number of carbonyl (C=O) groups is 1. The normalized spacial score (nSPS) is 24.8. The van der Waals surface area contributed by atoms with Gasteiger partial charge in [-0.05, 0) is 13.8 Å². The lowest BCUT2D eigenvalue weighted by molar-refractivity contribution is 0.0678. The molecule has 4 nitrogen and oxygen atoms in total. The molecule has 17 heavy (non-hydrogen) atoms. The SMILES string of the molecule is COc1csc(C(=O)N2CC(C)NC(C)C2)c1. The van der Waals surface area contributed by atoms with E-state index in [1.165, 1.54) is 11.3 Å². The van der Waals surface area contributed by atoms with E-state index in [-0.39, 0.29) is 5.91 Å². The van der Waals surface area contributed by atoms with Crippen molar-refractivity contribution in [2.45, 2.75) is 25.9 Å². The fourth-order valence-electron chi connectivity index (χ4n) is 2.19. The Bertz CT molecular complexity index is 395. The molecule has 1 aromatic rings. The van der Waals surface area contributed by atoms with Gasteiger partial charge < -0.3 is 15.0 Å². The van der Waals surface area contributed by atoms with Gasteiger partial charge in [-0.15, -0.1) is 11.3 Å². The Labute approximate surface area is 106 Å². The second kappa shape index (κ2) is 5.06. The molecule has 1 aliphatic heterocycles. The first-order valence-corrected chi connectivity index (χ1v) is 6.66. The molecule has 0 aromatic carbocycles. The maximum atomic E-state index is 12.3. The predicted octanol–water partition coefficient (Wildman–Crippen LogP) is 1.58. The molecule has 1 saturated heterocycles. The van der Waals surface area contributed by atoms with E-state index in [0.29, 0.717) is 12.1 Å². The molecule has 0 bridgehead atoms. The van der Waals surface area contributed by atoms with Crippen LogP contribution in [0.3, 0.4) is 0 Å². The Kier molecular flexibility index (Phi) is 3.69. The average molecular weight is 254 g/mol. The van der Waals surface area contributed by atoms with Gasteiger partial charge in [0.25, 0.3) is 5.91 Å². The van der Waals surface area contributed by atoms with Crippen LogP contribution in [0.5, 0.6) is 5.75 Å². The third-order valence-corrected chi connectivity index (χ3v) is 3.76. The highest BCUT2D eigenvalue weighted by Gasteiger charge is 2.26. The largest absolute Gasteiger partial charge is 0.496 e. The minimum atomic E-state index is 0.110. The van der Waals surface area contributed by atoms with Crippen molar-refractivity contribution in [1.29, 1.82) is 0 Å². The molecule has 2 atom stereocenters. The highest BCUT2D eigenvalue weighted by atomic mass is 32.1. The van der Waals surface area contributed by atoms with E-state index < -0.39 is 0 Å². The number of thiophene rings is 1. The Morgan fingerprint density at radius 1 is 1.47 bits per heavy atom. The molecule has 2 heterocycles. The Morgan fingerprint density at radius 2 is 2.12 bits per heavy atom. The summed E-state index contributed by atoms with van der Waals surface area (Å²) in [6, 6.07) is 2.51. The second-order valence-corrected chi connectivity index (χ2v) is 5.44. The zero-order chi connectivity index (χ0) is 12.4. The van der Waals surface area contributed by atoms with E-state index in [1.807, 2.05) is 16.3 Å². The van der Waals surface area contributed by atoms with Crippen molar-refractivity contribution in [2.24, 2.45) is 0 Å². The summed E-state index contributed by atoms with van der Waals surface area (Å²) in [7, 11) is 1.62. The molecule has 2 unspecified atom stereocenters. The summed E-state index contributed by atoms with van der Waals surface area (Å²) in [4.78, 5) is 14.9. The van der Waals surface area contributed by atoms with Crippen molar-refractivity contribution in [3.8, 4) is 5.75 Å². The molecule has 0 radical (unpaired) electrons. The van der Waals surface area contributed by atoms with Crippen LogP contribution in [0, 0.1) is 0 Å². The zero-order valence-electron chi connectivity index (χ0n) is 10.4. The van der Waals surface area contributed by atoms with Crippen LogP contribution in [-0.4, -0.2) is 43.1 Å². The first kappa shape index (κ1) is 12.4. The van der Waals surface area contributed by atoms with Gasteiger partial charge in [-0.2, -0.15) is 0 Å². The number of hydrogen-bond acceptors (Lipinski definition) is 4. The van der Waals surface area contributed by atoms with Crippen LogP contribution in [0.2, 0.25) is 0 Å². The van der Waals surface area contributed by atoms with Gasteiger partial charge in [0.05, 0.1) is 12.0 Å². The topological polar surface area (TPSA) is 41.6 Å². The lowest BCUT2D eigenvalue weighted by Gasteiger charge is -2.35. The molecular formula is C12H18N2O2S. The van der Waals surface area contributed by atoms with Gasteiger partial charge in [0, 0.05) is 36.6 Å². The van der Waals surface area contributed by atoms with Gasteiger partial charge in [0.15, 0.2) is 0 Å². The van der Waals surface area contributed by atoms with Crippen molar-refractivity contribution in [2.75, 3.05) is 20.2 Å². The van der Waals surface area contributed by atoms with Crippen LogP contribution in [0.1, 0.15) is 23.5 Å². The molecule has 1 fully saturated rings. The summed E-state index contributed by atoms with van der Waals surface area (Å²) in [5.74, 6) is 0.869. The molecule has 1 aliphatic rings. The van der Waals surface area contributed by atoms with Crippen LogP contribution < -0.4 is 10.1 Å². The van der Waals surface area contributed by atoms with Crippen LogP contribution >= 0.6 is 11.3 Å². The summed E-state index contributed by atoms with van der Waals surface area (Å²) in [5, 5.41) is 5.28. The van der Waals surface area contributed by atoms with Gasteiger partial charge >= 0.3 is 0 Å². The Balaban J connectivity index is 2.08. The number of amides is 1. The fraction of sp³-hybridized carbons (Fsp3) is 0.583. The van der Waals surface area contributed by atoms with Crippen molar-refractivity contribution in [3.05, 3.63) is 16.3 Å². The van der Waals surface area contributed by atoms with Crippen molar-refractivity contribution < 1.29 is 9.53 Å². The molecule has 94 valence electrons. The number of methoxy groups -OCH3 is 1. The highest BCUT2D eigenvalue weighted by molar-refractivity contribution is 7.12. The summed E-state index contributed by atoms with van der Waals surface area (Å²) in [6.07, 6.45) is 0. The summed E-state index contributed by atoms with van der Waals surface area (Å²) in [6.45, 7) is 5.74. The van der Waals surface area contributed by atoms with Crippen LogP contribution in [0.4, 0.5) is 0 Å². The molecule has 0 aliphatic carbocycles. The summed E-state index contributed by atoms with van der Waals surface area (Å²) >= 11 is 1.44. The summed E-state index contributed by atoms with van der Waals surface area (Å²) < 4.78 is 5.10. The Hall–Kier alpha value is -1.07. The molecule has 2 rings (SSSR count). The molecular weight excluding hydrogens is 236 g/mol. The van der Waals surface area contributed by atoms with Crippen molar-refractivity contribution in [1.82, 2.24) is 10.2 Å². The van der Waals surface area contributed by atoms with E-state index in [9.17, 15) is 4.79 Å². The monoisotopic (exact) mass is 254 g/mol. The standard InChI is InChI=1S/C12H18N2O2S/c1-8-5-14(6-9(2)13-8)12(15)11-4-10(16-3)7-17-11/h4,7-9,13H,5-6H2,1-3H3. The van der Waals surface area contributed by atoms with Gasteiger partial charge in [-0.25, -0.2) is 0 Å². The number of piperazine rings is 1. The van der Waals surface area contributed by atoms with E-state index in [0.717, 1.165) is 23.7 Å². The minimum Gasteiger partial charge on any atom is -0.496 e. The number of nitrogens with one attached hydrogen (secondary N) is 1. The van der Waals surface area contributed by atoms with E-state index >= 15 is 0 Å². The molecule has 0 spiro atoms. The number of hydrogen-bond donors (Lipinski definition) is 1. The minimum absolute atomic E-state index is 0.110. The predicted molar refractivity (Wildman–Crippen MR) is 68.8 cm³/mol. The lowest BCUT2D eigenvalue weighted by Crippen LogP contribution is -2.55. The second-order valence-electron chi connectivity index (χ2n) is 4.53. The van der Waals surface area contributed by atoms with Gasteiger partial charge in [0.1, 0.15) is 5.75 Å². The number of carbonyl (C=O) groups excluding carboxylic acids is 1. The van der Waals surface area contributed by atoms with Crippen molar-refractivity contribution >= 4 is 17.2 Å². The van der Waals surface area contributed by atoms with Crippen LogP contribution in [0.25, 0.3) is 0 Å². The zero-order valence-corrected chi connectivity index (χ0v) is 11.2. The van der Waals surface area contributed by atoms with Gasteiger partial charge in [-0.3, -0.25) is 4.79 Å². The molecule has 1 N–H and O–H groups in total. The maximum absolute atomic E-state index is 12.3. The van der Waals surface area contributed by atoms with Crippen LogP contribution in [-0.2, 0) is 0 Å². The molecule has 1 aromatic heterocycles. The lowest BCUT2D eigenvalue weighted by atomic mass is 10.1. The van der Waals surface area contributed by atoms with Gasteiger partial charge in [0.2, 0.25) is 0 Å². The smallest absolute Gasteiger partial charge is 0.264 e. The number of ether oxygens (including phenoxy) is 1. The quantitative estimate of drug-likeness (QED) is 0.871. The highest BCUT2D eigenvalue weighted by Crippen LogP contribution is 2.23. The average Bonchev–Trinajstić information content (AvgIpc) is 2.75. The van der Waals surface area contributed by atoms with E-state index in [1.54, 1.807) is 7.11 Å². The third kappa shape index (κ3) is 2.79. The fourth-order valence-corrected chi connectivity index (χ4v) is 3.01. The molecule has 0 saturated carbocycles.